The second-order valence-corrected chi connectivity index (χ2v) is 7.09. The number of amides is 1. The molecule has 132 valence electrons. The number of benzene rings is 1. The van der Waals surface area contributed by atoms with Gasteiger partial charge in [0.2, 0.25) is 0 Å². The number of methoxy groups -OCH3 is 1. The summed E-state index contributed by atoms with van der Waals surface area (Å²) in [6.45, 7) is 1.43. The molecule has 1 N–H and O–H groups in total. The van der Waals surface area contributed by atoms with Crippen molar-refractivity contribution < 1.29 is 9.53 Å². The minimum absolute atomic E-state index is 0.0531. The lowest BCUT2D eigenvalue weighted by Gasteiger charge is -2.22. The predicted molar refractivity (Wildman–Crippen MR) is 101 cm³/mol. The van der Waals surface area contributed by atoms with Crippen LogP contribution in [0.15, 0.2) is 46.9 Å². The number of nitrogens with one attached hydrogen (secondary N) is 1. The van der Waals surface area contributed by atoms with Gasteiger partial charge in [-0.05, 0) is 29.1 Å². The predicted octanol–water partition coefficient (Wildman–Crippen LogP) is 3.32. The molecule has 1 aliphatic rings. The average molecular weight is 378 g/mol. The summed E-state index contributed by atoms with van der Waals surface area (Å²) in [5.74, 6) is -0.0531. The van der Waals surface area contributed by atoms with E-state index in [0.29, 0.717) is 24.6 Å². The molecule has 5 nitrogen and oxygen atoms in total. The Morgan fingerprint density at radius 3 is 2.88 bits per heavy atom. The maximum atomic E-state index is 12.7. The fourth-order valence-corrected chi connectivity index (χ4v) is 3.57. The molecule has 0 aliphatic carbocycles. The number of nitrogens with zero attached hydrogens (tertiary/aromatic N) is 2. The maximum Gasteiger partial charge on any atom is 0.257 e. The van der Waals surface area contributed by atoms with Gasteiger partial charge in [-0.1, -0.05) is 29.8 Å². The quantitative estimate of drug-likeness (QED) is 0.753. The summed E-state index contributed by atoms with van der Waals surface area (Å²) in [7, 11) is 1.64. The van der Waals surface area contributed by atoms with Crippen molar-refractivity contribution in [2.75, 3.05) is 26.8 Å². The highest BCUT2D eigenvalue weighted by Crippen LogP contribution is 2.34. The Labute approximate surface area is 156 Å². The van der Waals surface area contributed by atoms with Crippen LogP contribution >= 0.6 is 22.9 Å². The summed E-state index contributed by atoms with van der Waals surface area (Å²) in [6, 6.07) is 11.5. The molecule has 2 heterocycles. The van der Waals surface area contributed by atoms with Crippen molar-refractivity contribution in [1.82, 2.24) is 10.3 Å². The first kappa shape index (κ1) is 18.1. The van der Waals surface area contributed by atoms with Crippen molar-refractivity contribution in [2.24, 2.45) is 5.10 Å². The fourth-order valence-electron chi connectivity index (χ4n) is 2.73. The Hall–Kier alpha value is -1.73. The Bertz CT molecular complexity index is 731. The third-order valence-corrected chi connectivity index (χ3v) is 5.16. The van der Waals surface area contributed by atoms with Crippen molar-refractivity contribution in [3.8, 4) is 0 Å². The topological polar surface area (TPSA) is 53.9 Å². The van der Waals surface area contributed by atoms with Crippen molar-refractivity contribution in [3.63, 3.8) is 0 Å². The van der Waals surface area contributed by atoms with Crippen molar-refractivity contribution in [3.05, 3.63) is 57.2 Å². The third-order valence-electron chi connectivity index (χ3n) is 3.99. The highest BCUT2D eigenvalue weighted by molar-refractivity contribution is 7.12. The van der Waals surface area contributed by atoms with E-state index in [9.17, 15) is 4.79 Å². The molecule has 0 spiro atoms. The molecule has 0 saturated carbocycles. The minimum Gasteiger partial charge on any atom is -0.383 e. The number of carbonyl (C=O) groups is 1. The lowest BCUT2D eigenvalue weighted by atomic mass is 10.0. The molecule has 0 radical (unpaired) electrons. The molecule has 0 saturated heterocycles. The van der Waals surface area contributed by atoms with Crippen LogP contribution in [0.3, 0.4) is 0 Å². The van der Waals surface area contributed by atoms with E-state index in [-0.39, 0.29) is 18.5 Å². The van der Waals surface area contributed by atoms with Crippen LogP contribution in [0.2, 0.25) is 5.02 Å². The number of hydrogen-bond acceptors (Lipinski definition) is 5. The Morgan fingerprint density at radius 1 is 1.40 bits per heavy atom. The van der Waals surface area contributed by atoms with Gasteiger partial charge in [-0.25, -0.2) is 5.01 Å². The third kappa shape index (κ3) is 4.46. The van der Waals surface area contributed by atoms with Crippen LogP contribution in [-0.4, -0.2) is 43.4 Å². The average Bonchev–Trinajstić information content (AvgIpc) is 3.28. The van der Waals surface area contributed by atoms with Gasteiger partial charge in [0.1, 0.15) is 0 Å². The number of carbonyl (C=O) groups excluding carboxylic acids is 1. The van der Waals surface area contributed by atoms with E-state index in [0.717, 1.165) is 16.2 Å². The number of halogens is 1. The molecule has 1 aromatic carbocycles. The zero-order valence-corrected chi connectivity index (χ0v) is 15.5. The molecule has 7 heteroatoms. The lowest BCUT2D eigenvalue weighted by Crippen LogP contribution is -2.36. The first-order valence-electron chi connectivity index (χ1n) is 8.07. The summed E-state index contributed by atoms with van der Waals surface area (Å²) in [4.78, 5) is 13.8. The maximum absolute atomic E-state index is 12.7. The summed E-state index contributed by atoms with van der Waals surface area (Å²) >= 11 is 7.63. The normalized spacial score (nSPS) is 17.0. The Balaban J connectivity index is 1.78. The zero-order chi connectivity index (χ0) is 17.6. The number of hydrazone groups is 1. The van der Waals surface area contributed by atoms with Gasteiger partial charge in [0, 0.05) is 25.1 Å². The van der Waals surface area contributed by atoms with Gasteiger partial charge in [-0.15, -0.1) is 11.3 Å². The van der Waals surface area contributed by atoms with Crippen molar-refractivity contribution in [2.45, 2.75) is 12.5 Å². The van der Waals surface area contributed by atoms with Crippen molar-refractivity contribution in [1.29, 1.82) is 0 Å². The van der Waals surface area contributed by atoms with E-state index in [1.165, 1.54) is 0 Å². The standard InChI is InChI=1S/C18H20ClN3O2S/c1-24-9-8-20-12-18(23)22-16(13-4-6-14(19)7-5-13)11-15(21-22)17-3-2-10-25-17/h2-7,10,16,20H,8-9,11-12H2,1H3. The van der Waals surface area contributed by atoms with Crippen molar-refractivity contribution >= 4 is 34.6 Å². The second-order valence-electron chi connectivity index (χ2n) is 5.70. The SMILES string of the molecule is COCCNCC(=O)N1N=C(c2cccs2)CC1c1ccc(Cl)cc1. The highest BCUT2D eigenvalue weighted by Gasteiger charge is 2.33. The van der Waals surface area contributed by atoms with Gasteiger partial charge in [0.05, 0.1) is 29.8 Å². The van der Waals surface area contributed by atoms with E-state index in [1.807, 2.05) is 41.8 Å². The van der Waals surface area contributed by atoms with E-state index in [2.05, 4.69) is 10.4 Å². The molecule has 1 atom stereocenters. The van der Waals surface area contributed by atoms with Gasteiger partial charge in [-0.3, -0.25) is 4.79 Å². The lowest BCUT2D eigenvalue weighted by molar-refractivity contribution is -0.132. The molecule has 3 rings (SSSR count). The van der Waals surface area contributed by atoms with Crippen LogP contribution in [0, 0.1) is 0 Å². The summed E-state index contributed by atoms with van der Waals surface area (Å²) in [5.41, 5.74) is 1.98. The molecule has 1 aromatic heterocycles. The van der Waals surface area contributed by atoms with Gasteiger partial charge >= 0.3 is 0 Å². The van der Waals surface area contributed by atoms with Gasteiger partial charge in [-0.2, -0.15) is 5.10 Å². The van der Waals surface area contributed by atoms with E-state index in [1.54, 1.807) is 23.5 Å². The van der Waals surface area contributed by atoms with Gasteiger partial charge in [0.15, 0.2) is 0 Å². The highest BCUT2D eigenvalue weighted by atomic mass is 35.5. The Kier molecular flexibility index (Phi) is 6.20. The molecular weight excluding hydrogens is 358 g/mol. The smallest absolute Gasteiger partial charge is 0.257 e. The molecule has 1 aliphatic heterocycles. The molecule has 0 bridgehead atoms. The second kappa shape index (κ2) is 8.58. The van der Waals surface area contributed by atoms with E-state index < -0.39 is 0 Å². The fraction of sp³-hybridized carbons (Fsp3) is 0.333. The minimum atomic E-state index is -0.105. The van der Waals surface area contributed by atoms with E-state index in [4.69, 9.17) is 16.3 Å². The molecule has 1 amide bonds. The van der Waals surface area contributed by atoms with Gasteiger partial charge < -0.3 is 10.1 Å². The molecular formula is C18H20ClN3O2S. The number of ether oxygens (including phenoxy) is 1. The van der Waals surface area contributed by atoms with E-state index >= 15 is 0 Å². The van der Waals surface area contributed by atoms with Crippen LogP contribution in [0.25, 0.3) is 0 Å². The number of rotatable bonds is 7. The van der Waals surface area contributed by atoms with Crippen LogP contribution in [-0.2, 0) is 9.53 Å². The zero-order valence-electron chi connectivity index (χ0n) is 13.9. The number of hydrogen-bond donors (Lipinski definition) is 1. The monoisotopic (exact) mass is 377 g/mol. The first-order chi connectivity index (χ1) is 12.2. The largest absolute Gasteiger partial charge is 0.383 e. The molecule has 0 fully saturated rings. The number of thiophene rings is 1. The summed E-state index contributed by atoms with van der Waals surface area (Å²) in [5, 5.41) is 12.0. The molecule has 1 unspecified atom stereocenters. The summed E-state index contributed by atoms with van der Waals surface area (Å²) < 4.78 is 4.99. The molecule has 25 heavy (non-hydrogen) atoms. The van der Waals surface area contributed by atoms with Crippen LogP contribution in [0.1, 0.15) is 22.9 Å². The Morgan fingerprint density at radius 2 is 2.20 bits per heavy atom. The summed E-state index contributed by atoms with van der Waals surface area (Å²) in [6.07, 6.45) is 0.700. The van der Waals surface area contributed by atoms with Crippen LogP contribution in [0.5, 0.6) is 0 Å². The van der Waals surface area contributed by atoms with Gasteiger partial charge in [0.25, 0.3) is 5.91 Å². The molecule has 2 aromatic rings. The van der Waals surface area contributed by atoms with Crippen LogP contribution in [0.4, 0.5) is 0 Å². The first-order valence-corrected chi connectivity index (χ1v) is 9.33. The van der Waals surface area contributed by atoms with Crippen LogP contribution < -0.4 is 5.32 Å².